The number of hydrogen-bond donors (Lipinski definition) is 1. The third-order valence-electron chi connectivity index (χ3n) is 4.26. The van der Waals surface area contributed by atoms with Crippen molar-refractivity contribution in [2.75, 3.05) is 38.6 Å². The van der Waals surface area contributed by atoms with Gasteiger partial charge in [0.2, 0.25) is 0 Å². The van der Waals surface area contributed by atoms with Crippen molar-refractivity contribution in [3.8, 4) is 0 Å². The molecule has 0 spiro atoms. The topological polar surface area (TPSA) is 31.4 Å². The van der Waals surface area contributed by atoms with Crippen LogP contribution < -0.4 is 10.2 Å². The first-order valence-electron chi connectivity index (χ1n) is 8.26. The third-order valence-corrected chi connectivity index (χ3v) is 4.26. The Morgan fingerprint density at radius 1 is 1.33 bits per heavy atom. The zero-order valence-electron chi connectivity index (χ0n) is 14.0. The summed E-state index contributed by atoms with van der Waals surface area (Å²) >= 11 is 0. The van der Waals surface area contributed by atoms with Crippen LogP contribution in [0.5, 0.6) is 0 Å². The van der Waals surface area contributed by atoms with Crippen LogP contribution in [0.4, 0.5) is 5.82 Å². The highest BCUT2D eigenvalue weighted by Gasteiger charge is 2.25. The second-order valence-corrected chi connectivity index (χ2v) is 6.21. The Hall–Kier alpha value is -1.13. The van der Waals surface area contributed by atoms with Gasteiger partial charge in [0, 0.05) is 31.4 Å². The van der Waals surface area contributed by atoms with Gasteiger partial charge in [-0.3, -0.25) is 0 Å². The zero-order chi connectivity index (χ0) is 15.2. The van der Waals surface area contributed by atoms with Gasteiger partial charge >= 0.3 is 0 Å². The van der Waals surface area contributed by atoms with Crippen molar-refractivity contribution in [3.05, 3.63) is 23.4 Å². The number of anilines is 1. The Kier molecular flexibility index (Phi) is 6.00. The van der Waals surface area contributed by atoms with Gasteiger partial charge in [-0.25, -0.2) is 4.98 Å². The summed E-state index contributed by atoms with van der Waals surface area (Å²) in [4.78, 5) is 9.60. The first-order valence-corrected chi connectivity index (χ1v) is 8.26. The average molecular weight is 290 g/mol. The Morgan fingerprint density at radius 3 is 2.76 bits per heavy atom. The van der Waals surface area contributed by atoms with Gasteiger partial charge in [0.1, 0.15) is 5.82 Å². The fraction of sp³-hybridized carbons (Fsp3) is 0.706. The van der Waals surface area contributed by atoms with E-state index in [1.165, 1.54) is 24.1 Å². The molecular formula is C17H30N4. The molecule has 2 heterocycles. The highest BCUT2D eigenvalue weighted by molar-refractivity contribution is 5.44. The van der Waals surface area contributed by atoms with E-state index in [4.69, 9.17) is 4.98 Å². The van der Waals surface area contributed by atoms with Crippen LogP contribution in [0.3, 0.4) is 0 Å². The second-order valence-electron chi connectivity index (χ2n) is 6.21. The van der Waals surface area contributed by atoms with Gasteiger partial charge < -0.3 is 15.1 Å². The number of hydrogen-bond acceptors (Lipinski definition) is 4. The fourth-order valence-electron chi connectivity index (χ4n) is 2.86. The summed E-state index contributed by atoms with van der Waals surface area (Å²) in [6.07, 6.45) is 3.41. The van der Waals surface area contributed by atoms with Crippen molar-refractivity contribution >= 4 is 5.82 Å². The van der Waals surface area contributed by atoms with E-state index < -0.39 is 0 Å². The molecule has 0 aliphatic carbocycles. The molecule has 4 heteroatoms. The molecule has 2 rings (SSSR count). The van der Waals surface area contributed by atoms with Gasteiger partial charge in [-0.1, -0.05) is 13.8 Å². The molecule has 118 valence electrons. The van der Waals surface area contributed by atoms with Gasteiger partial charge in [-0.2, -0.15) is 0 Å². The number of pyridine rings is 1. The summed E-state index contributed by atoms with van der Waals surface area (Å²) < 4.78 is 0. The van der Waals surface area contributed by atoms with Gasteiger partial charge in [0.25, 0.3) is 0 Å². The molecule has 1 aromatic rings. The maximum absolute atomic E-state index is 4.84. The average Bonchev–Trinajstić information content (AvgIpc) is 2.97. The van der Waals surface area contributed by atoms with Crippen LogP contribution in [-0.4, -0.2) is 49.7 Å². The molecule has 0 saturated carbocycles. The van der Waals surface area contributed by atoms with E-state index in [1.807, 2.05) is 0 Å². The van der Waals surface area contributed by atoms with Gasteiger partial charge in [-0.05, 0) is 57.6 Å². The van der Waals surface area contributed by atoms with Gasteiger partial charge in [0.05, 0.1) is 0 Å². The predicted octanol–water partition coefficient (Wildman–Crippen LogP) is 2.28. The summed E-state index contributed by atoms with van der Waals surface area (Å²) in [5, 5.41) is 3.49. The van der Waals surface area contributed by atoms with Crippen LogP contribution in [0.15, 0.2) is 12.1 Å². The lowest BCUT2D eigenvalue weighted by Crippen LogP contribution is -2.31. The molecular weight excluding hydrogens is 260 g/mol. The second kappa shape index (κ2) is 7.76. The van der Waals surface area contributed by atoms with Crippen molar-refractivity contribution in [1.29, 1.82) is 0 Å². The number of nitrogens with one attached hydrogen (secondary N) is 1. The van der Waals surface area contributed by atoms with Crippen LogP contribution in [0.2, 0.25) is 0 Å². The lowest BCUT2D eigenvalue weighted by Gasteiger charge is -2.22. The third kappa shape index (κ3) is 4.42. The standard InChI is InChI=1S/C17H30N4/c1-5-8-18-12-14-10-15(6-2)19-17(11-14)21-9-7-16(13-21)20(3)4/h10-11,16,18H,5-9,12-13H2,1-4H3. The van der Waals surface area contributed by atoms with Crippen LogP contribution in [0.1, 0.15) is 37.9 Å². The molecule has 1 saturated heterocycles. The minimum absolute atomic E-state index is 0.652. The smallest absolute Gasteiger partial charge is 0.129 e. The molecule has 1 aromatic heterocycles. The Morgan fingerprint density at radius 2 is 2.14 bits per heavy atom. The maximum Gasteiger partial charge on any atom is 0.129 e. The first kappa shape index (κ1) is 16.2. The Labute approximate surface area is 129 Å². The number of aryl methyl sites for hydroxylation is 1. The number of aromatic nitrogens is 1. The Balaban J connectivity index is 2.09. The van der Waals surface area contributed by atoms with Gasteiger partial charge in [-0.15, -0.1) is 0 Å². The Bertz CT molecular complexity index is 444. The largest absolute Gasteiger partial charge is 0.355 e. The molecule has 0 radical (unpaired) electrons. The normalized spacial score (nSPS) is 18.7. The van der Waals surface area contributed by atoms with Crippen LogP contribution in [0, 0.1) is 0 Å². The molecule has 1 aliphatic heterocycles. The van der Waals surface area contributed by atoms with Crippen molar-refractivity contribution in [1.82, 2.24) is 15.2 Å². The number of likely N-dealkylation sites (N-methyl/N-ethyl adjacent to an activating group) is 1. The van der Waals surface area contributed by atoms with E-state index in [-0.39, 0.29) is 0 Å². The molecule has 1 fully saturated rings. The summed E-state index contributed by atoms with van der Waals surface area (Å²) in [7, 11) is 4.34. The number of rotatable bonds is 7. The van der Waals surface area contributed by atoms with E-state index in [1.54, 1.807) is 0 Å². The summed E-state index contributed by atoms with van der Waals surface area (Å²) in [6, 6.07) is 5.16. The van der Waals surface area contributed by atoms with Crippen molar-refractivity contribution in [2.45, 2.75) is 45.7 Å². The molecule has 4 nitrogen and oxygen atoms in total. The zero-order valence-corrected chi connectivity index (χ0v) is 14.0. The summed E-state index contributed by atoms with van der Waals surface area (Å²) in [5.74, 6) is 1.16. The molecule has 1 aliphatic rings. The minimum atomic E-state index is 0.652. The number of nitrogens with zero attached hydrogens (tertiary/aromatic N) is 3. The molecule has 1 unspecified atom stereocenters. The van der Waals surface area contributed by atoms with Gasteiger partial charge in [0.15, 0.2) is 0 Å². The van der Waals surface area contributed by atoms with E-state index in [9.17, 15) is 0 Å². The quantitative estimate of drug-likeness (QED) is 0.781. The first-order chi connectivity index (χ1) is 10.1. The van der Waals surface area contributed by atoms with E-state index in [0.29, 0.717) is 6.04 Å². The lowest BCUT2D eigenvalue weighted by atomic mass is 10.2. The molecule has 1 N–H and O–H groups in total. The summed E-state index contributed by atoms with van der Waals surface area (Å²) in [5.41, 5.74) is 2.56. The van der Waals surface area contributed by atoms with Crippen LogP contribution in [-0.2, 0) is 13.0 Å². The van der Waals surface area contributed by atoms with E-state index in [2.05, 4.69) is 55.2 Å². The monoisotopic (exact) mass is 290 g/mol. The lowest BCUT2D eigenvalue weighted by molar-refractivity contribution is 0.315. The van der Waals surface area contributed by atoms with Crippen molar-refractivity contribution < 1.29 is 0 Å². The highest BCUT2D eigenvalue weighted by Crippen LogP contribution is 2.22. The van der Waals surface area contributed by atoms with E-state index in [0.717, 1.165) is 38.4 Å². The van der Waals surface area contributed by atoms with Crippen LogP contribution in [0.25, 0.3) is 0 Å². The highest BCUT2D eigenvalue weighted by atomic mass is 15.3. The van der Waals surface area contributed by atoms with Crippen molar-refractivity contribution in [3.63, 3.8) is 0 Å². The molecule has 0 aromatic carbocycles. The van der Waals surface area contributed by atoms with Crippen LogP contribution >= 0.6 is 0 Å². The maximum atomic E-state index is 4.84. The predicted molar refractivity (Wildman–Crippen MR) is 89.9 cm³/mol. The molecule has 21 heavy (non-hydrogen) atoms. The molecule has 1 atom stereocenters. The summed E-state index contributed by atoms with van der Waals surface area (Å²) in [6.45, 7) is 8.61. The molecule has 0 bridgehead atoms. The minimum Gasteiger partial charge on any atom is -0.355 e. The SMILES string of the molecule is CCCNCc1cc(CC)nc(N2CCC(N(C)C)C2)c1. The van der Waals surface area contributed by atoms with Crippen molar-refractivity contribution in [2.24, 2.45) is 0 Å². The van der Waals surface area contributed by atoms with E-state index >= 15 is 0 Å². The fourth-order valence-corrected chi connectivity index (χ4v) is 2.86. The molecule has 0 amide bonds.